The Morgan fingerprint density at radius 3 is 2.67 bits per heavy atom. The van der Waals surface area contributed by atoms with Gasteiger partial charge in [0, 0.05) is 30.4 Å². The van der Waals surface area contributed by atoms with Gasteiger partial charge in [-0.3, -0.25) is 9.80 Å². The average molecular weight is 456 g/mol. The van der Waals surface area contributed by atoms with Crippen molar-refractivity contribution in [3.05, 3.63) is 57.7 Å². The van der Waals surface area contributed by atoms with Gasteiger partial charge in [-0.15, -0.1) is 0 Å². The highest BCUT2D eigenvalue weighted by molar-refractivity contribution is 6.02. The minimum Gasteiger partial charge on any atom is -0.491 e. The predicted molar refractivity (Wildman–Crippen MR) is 131 cm³/mol. The maximum Gasteiger partial charge on any atom is 0.341 e. The molecule has 3 rings (SSSR count). The molecular formula is C26H37N3O4. The third kappa shape index (κ3) is 5.57. The molecule has 1 aromatic rings. The normalized spacial score (nSPS) is 21.6. The number of nitrogens with zero attached hydrogens (tertiary/aromatic N) is 3. The maximum absolute atomic E-state index is 12.6. The Morgan fingerprint density at radius 2 is 2.06 bits per heavy atom. The summed E-state index contributed by atoms with van der Waals surface area (Å²) in [4.78, 5) is 24.4. The van der Waals surface area contributed by atoms with Crippen molar-refractivity contribution < 1.29 is 14.6 Å². The highest BCUT2D eigenvalue weighted by Gasteiger charge is 2.34. The van der Waals surface area contributed by atoms with Crippen molar-refractivity contribution in [2.75, 3.05) is 19.7 Å². The summed E-state index contributed by atoms with van der Waals surface area (Å²) in [7, 11) is 0. The molecule has 1 aliphatic carbocycles. The summed E-state index contributed by atoms with van der Waals surface area (Å²) in [6, 6.07) is 1.42. The van der Waals surface area contributed by atoms with Gasteiger partial charge in [0.05, 0.1) is 19.2 Å². The van der Waals surface area contributed by atoms with E-state index in [4.69, 9.17) is 9.84 Å². The zero-order chi connectivity index (χ0) is 24.3. The number of likely N-dealkylation sites (N-methyl/N-ethyl adjacent to an activating group) is 1. The SMILES string of the molecule is CC[C@H](C)COC1=CC=CC2Cc3cc(=O)c(C(=O)O)cn3C(C(C)(C)C)CN(CC)N=C12. The predicted octanol–water partition coefficient (Wildman–Crippen LogP) is 4.50. The molecule has 7 heteroatoms. The lowest BCUT2D eigenvalue weighted by molar-refractivity contribution is 0.0692. The average Bonchev–Trinajstić information content (AvgIpc) is 2.81. The number of carboxylic acid groups (broad SMARTS) is 1. The Bertz CT molecular complexity index is 1030. The molecule has 0 spiro atoms. The van der Waals surface area contributed by atoms with E-state index in [1.807, 2.05) is 21.7 Å². The number of hydrazone groups is 1. The Kier molecular flexibility index (Phi) is 7.50. The van der Waals surface area contributed by atoms with Crippen molar-refractivity contribution in [3.63, 3.8) is 0 Å². The lowest BCUT2D eigenvalue weighted by Crippen LogP contribution is -2.37. The summed E-state index contributed by atoms with van der Waals surface area (Å²) in [5, 5.41) is 16.7. The van der Waals surface area contributed by atoms with Gasteiger partial charge in [-0.25, -0.2) is 4.79 Å². The van der Waals surface area contributed by atoms with Crippen LogP contribution in [0.15, 0.2) is 46.1 Å². The van der Waals surface area contributed by atoms with E-state index in [1.165, 1.54) is 12.3 Å². The highest BCUT2D eigenvalue weighted by atomic mass is 16.5. The van der Waals surface area contributed by atoms with Gasteiger partial charge in [-0.1, -0.05) is 53.2 Å². The summed E-state index contributed by atoms with van der Waals surface area (Å²) >= 11 is 0. The molecule has 0 aromatic carbocycles. The van der Waals surface area contributed by atoms with Gasteiger partial charge in [0.1, 0.15) is 17.0 Å². The third-order valence-corrected chi connectivity index (χ3v) is 6.57. The first kappa shape index (κ1) is 24.8. The first-order valence-electron chi connectivity index (χ1n) is 11.9. The van der Waals surface area contributed by atoms with Gasteiger partial charge in [0.25, 0.3) is 0 Å². The molecule has 1 N–H and O–H groups in total. The van der Waals surface area contributed by atoms with Crippen molar-refractivity contribution in [1.29, 1.82) is 0 Å². The van der Waals surface area contributed by atoms with Crippen LogP contribution in [0.4, 0.5) is 0 Å². The highest BCUT2D eigenvalue weighted by Crippen LogP contribution is 2.35. The van der Waals surface area contributed by atoms with E-state index in [1.54, 1.807) is 0 Å². The molecule has 0 fully saturated rings. The fourth-order valence-electron chi connectivity index (χ4n) is 4.20. The second kappa shape index (κ2) is 9.98. The van der Waals surface area contributed by atoms with Crippen LogP contribution in [0.3, 0.4) is 0 Å². The molecule has 2 aliphatic rings. The first-order valence-corrected chi connectivity index (χ1v) is 11.9. The van der Waals surface area contributed by atoms with Crippen LogP contribution in [0.1, 0.15) is 70.1 Å². The Hall–Kier alpha value is -2.83. The number of hydrogen-bond donors (Lipinski definition) is 1. The molecule has 33 heavy (non-hydrogen) atoms. The largest absolute Gasteiger partial charge is 0.491 e. The molecule has 0 amide bonds. The van der Waals surface area contributed by atoms with Crippen molar-refractivity contribution >= 4 is 11.7 Å². The topological polar surface area (TPSA) is 84.1 Å². The van der Waals surface area contributed by atoms with Crippen LogP contribution >= 0.6 is 0 Å². The number of aromatic nitrogens is 1. The molecule has 0 saturated heterocycles. The molecular weight excluding hydrogens is 418 g/mol. The standard InChI is InChI=1S/C26H37N3O4/c1-7-17(3)16-33-22-11-9-10-18-12-19-13-21(30)20(25(31)32)14-29(19)23(26(4,5)6)15-28(8-2)27-24(18)22/h9-11,13-14,17-18,23H,7-8,12,15-16H2,1-6H3,(H,31,32)/t17-,18?,23?/m0/s1. The number of fused-ring (bicyclic) bond motifs is 2. The van der Waals surface area contributed by atoms with Gasteiger partial charge in [-0.2, -0.15) is 5.10 Å². The van der Waals surface area contributed by atoms with E-state index in [-0.39, 0.29) is 22.9 Å². The molecule has 1 aliphatic heterocycles. The molecule has 7 nitrogen and oxygen atoms in total. The quantitative estimate of drug-likeness (QED) is 0.683. The summed E-state index contributed by atoms with van der Waals surface area (Å²) in [5.41, 5.74) is 0.819. The van der Waals surface area contributed by atoms with Crippen LogP contribution in [0.25, 0.3) is 0 Å². The van der Waals surface area contributed by atoms with E-state index < -0.39 is 11.4 Å². The number of hydrogen-bond acceptors (Lipinski definition) is 5. The van der Waals surface area contributed by atoms with Crippen molar-refractivity contribution in [2.24, 2.45) is 22.4 Å². The van der Waals surface area contributed by atoms with Crippen molar-refractivity contribution in [2.45, 2.75) is 60.4 Å². The van der Waals surface area contributed by atoms with Gasteiger partial charge in [0.2, 0.25) is 0 Å². The van der Waals surface area contributed by atoms with Gasteiger partial charge < -0.3 is 14.4 Å². The molecule has 1 aromatic heterocycles. The zero-order valence-corrected chi connectivity index (χ0v) is 20.7. The smallest absolute Gasteiger partial charge is 0.341 e. The number of pyridine rings is 1. The first-order chi connectivity index (χ1) is 15.5. The lowest BCUT2D eigenvalue weighted by atomic mass is 9.85. The van der Waals surface area contributed by atoms with Crippen LogP contribution in [-0.2, 0) is 11.2 Å². The second-order valence-electron chi connectivity index (χ2n) is 10.2. The van der Waals surface area contributed by atoms with Crippen LogP contribution < -0.4 is 5.43 Å². The number of aromatic carboxylic acids is 1. The van der Waals surface area contributed by atoms with E-state index in [2.05, 4.69) is 47.6 Å². The maximum atomic E-state index is 12.6. The Morgan fingerprint density at radius 1 is 1.33 bits per heavy atom. The zero-order valence-electron chi connectivity index (χ0n) is 20.7. The van der Waals surface area contributed by atoms with Gasteiger partial charge in [0.15, 0.2) is 5.43 Å². The monoisotopic (exact) mass is 455 g/mol. The van der Waals surface area contributed by atoms with E-state index in [9.17, 15) is 14.7 Å². The Labute approximate surface area is 196 Å². The molecule has 0 bridgehead atoms. The van der Waals surface area contributed by atoms with Crippen molar-refractivity contribution in [1.82, 2.24) is 9.58 Å². The van der Waals surface area contributed by atoms with Crippen LogP contribution in [0.2, 0.25) is 0 Å². The summed E-state index contributed by atoms with van der Waals surface area (Å²) in [5.74, 6) is -0.0654. The number of ether oxygens (including phenoxy) is 1. The number of rotatable bonds is 6. The van der Waals surface area contributed by atoms with Crippen molar-refractivity contribution in [3.8, 4) is 0 Å². The minimum atomic E-state index is -1.20. The molecule has 2 unspecified atom stereocenters. The summed E-state index contributed by atoms with van der Waals surface area (Å²) < 4.78 is 8.20. The number of carboxylic acids is 1. The van der Waals surface area contributed by atoms with Crippen LogP contribution in [0.5, 0.6) is 0 Å². The van der Waals surface area contributed by atoms with E-state index >= 15 is 0 Å². The third-order valence-electron chi connectivity index (χ3n) is 6.57. The molecule has 2 heterocycles. The second-order valence-corrected chi connectivity index (χ2v) is 10.2. The fourth-order valence-corrected chi connectivity index (χ4v) is 4.20. The molecule has 180 valence electrons. The minimum absolute atomic E-state index is 0.0731. The lowest BCUT2D eigenvalue weighted by Gasteiger charge is -2.37. The fraction of sp³-hybridized carbons (Fsp3) is 0.577. The Balaban J connectivity index is 2.13. The van der Waals surface area contributed by atoms with E-state index in [0.717, 1.165) is 23.6 Å². The van der Waals surface area contributed by atoms with Gasteiger partial charge in [-0.05, 0) is 30.8 Å². The van der Waals surface area contributed by atoms with Crippen LogP contribution in [-0.4, -0.2) is 46.1 Å². The van der Waals surface area contributed by atoms with Gasteiger partial charge >= 0.3 is 5.97 Å². The summed E-state index contributed by atoms with van der Waals surface area (Å²) in [6.45, 7) is 14.7. The summed E-state index contributed by atoms with van der Waals surface area (Å²) in [6.07, 6.45) is 9.14. The van der Waals surface area contributed by atoms with Crippen LogP contribution in [0, 0.1) is 17.3 Å². The van der Waals surface area contributed by atoms with E-state index in [0.29, 0.717) is 32.0 Å². The number of carbonyl (C=O) groups is 1. The molecule has 0 radical (unpaired) electrons. The molecule has 0 saturated carbocycles. The number of allylic oxidation sites excluding steroid dienone is 4. The molecule has 3 atom stereocenters.